The quantitative estimate of drug-likeness (QED) is 0.528. The first-order chi connectivity index (χ1) is 13.3. The van der Waals surface area contributed by atoms with Gasteiger partial charge in [0.05, 0.1) is 6.54 Å². The fraction of sp³-hybridized carbons (Fsp3) is 0.0435. The molecule has 4 rings (SSSR count). The first-order valence-electron chi connectivity index (χ1n) is 8.82. The van der Waals surface area contributed by atoms with Gasteiger partial charge >= 0.3 is 6.03 Å². The van der Waals surface area contributed by atoms with Gasteiger partial charge in [0, 0.05) is 11.9 Å². The van der Waals surface area contributed by atoms with Gasteiger partial charge in [-0.1, -0.05) is 66.7 Å². The predicted molar refractivity (Wildman–Crippen MR) is 110 cm³/mol. The summed E-state index contributed by atoms with van der Waals surface area (Å²) in [6.45, 7) is 0.428. The summed E-state index contributed by atoms with van der Waals surface area (Å²) >= 11 is 0. The van der Waals surface area contributed by atoms with Crippen LogP contribution < -0.4 is 10.2 Å². The number of nitrogens with zero attached hydrogens (tertiary/aromatic N) is 2. The number of anilines is 2. The van der Waals surface area contributed by atoms with E-state index in [1.165, 1.54) is 0 Å². The fourth-order valence-electron chi connectivity index (χ4n) is 3.08. The molecule has 0 unspecified atom stereocenters. The molecule has 0 fully saturated rings. The molecule has 0 spiro atoms. The number of aromatic nitrogens is 1. The SMILES string of the molecule is O=C(Nc1ccccc1)N(Cc1cccc2ccccc12)c1ccccn1. The molecule has 0 saturated heterocycles. The third-order valence-electron chi connectivity index (χ3n) is 4.40. The van der Waals surface area contributed by atoms with E-state index in [9.17, 15) is 4.79 Å². The molecule has 4 nitrogen and oxygen atoms in total. The molecule has 0 saturated carbocycles. The van der Waals surface area contributed by atoms with Gasteiger partial charge in [0.1, 0.15) is 5.82 Å². The summed E-state index contributed by atoms with van der Waals surface area (Å²) in [4.78, 5) is 19.1. The van der Waals surface area contributed by atoms with Crippen LogP contribution in [0.2, 0.25) is 0 Å². The van der Waals surface area contributed by atoms with E-state index in [-0.39, 0.29) is 6.03 Å². The topological polar surface area (TPSA) is 45.2 Å². The summed E-state index contributed by atoms with van der Waals surface area (Å²) in [7, 11) is 0. The van der Waals surface area contributed by atoms with Crippen molar-refractivity contribution in [2.45, 2.75) is 6.54 Å². The zero-order chi connectivity index (χ0) is 18.5. The van der Waals surface area contributed by atoms with Gasteiger partial charge in [-0.15, -0.1) is 0 Å². The summed E-state index contributed by atoms with van der Waals surface area (Å²) in [5.41, 5.74) is 1.82. The monoisotopic (exact) mass is 353 g/mol. The van der Waals surface area contributed by atoms with E-state index in [0.717, 1.165) is 22.0 Å². The summed E-state index contributed by atoms with van der Waals surface area (Å²) in [5, 5.41) is 5.24. The van der Waals surface area contributed by atoms with E-state index in [2.05, 4.69) is 28.5 Å². The van der Waals surface area contributed by atoms with Gasteiger partial charge in [-0.05, 0) is 40.6 Å². The Morgan fingerprint density at radius 1 is 0.815 bits per heavy atom. The molecule has 3 aromatic carbocycles. The summed E-state index contributed by atoms with van der Waals surface area (Å²) in [6, 6.07) is 29.1. The van der Waals surface area contributed by atoms with E-state index in [4.69, 9.17) is 0 Å². The zero-order valence-electron chi connectivity index (χ0n) is 14.7. The first-order valence-corrected chi connectivity index (χ1v) is 8.82. The number of carbonyl (C=O) groups is 1. The lowest BCUT2D eigenvalue weighted by atomic mass is 10.0. The average Bonchev–Trinajstić information content (AvgIpc) is 2.73. The summed E-state index contributed by atoms with van der Waals surface area (Å²) in [6.07, 6.45) is 1.70. The van der Waals surface area contributed by atoms with Crippen molar-refractivity contribution in [1.82, 2.24) is 4.98 Å². The minimum Gasteiger partial charge on any atom is -0.307 e. The maximum atomic E-state index is 13.0. The van der Waals surface area contributed by atoms with Crippen LogP contribution in [-0.4, -0.2) is 11.0 Å². The average molecular weight is 353 g/mol. The molecule has 1 aromatic heterocycles. The van der Waals surface area contributed by atoms with Crippen LogP contribution in [0.25, 0.3) is 10.8 Å². The van der Waals surface area contributed by atoms with Gasteiger partial charge in [-0.2, -0.15) is 0 Å². The van der Waals surface area contributed by atoms with E-state index < -0.39 is 0 Å². The molecular formula is C23H19N3O. The van der Waals surface area contributed by atoms with Crippen molar-refractivity contribution in [2.24, 2.45) is 0 Å². The van der Waals surface area contributed by atoms with Crippen LogP contribution >= 0.6 is 0 Å². The standard InChI is InChI=1S/C23H19N3O/c27-23(25-20-12-2-1-3-13-20)26(22-15-6-7-16-24-22)17-19-11-8-10-18-9-4-5-14-21(18)19/h1-16H,17H2,(H,25,27). The van der Waals surface area contributed by atoms with Crippen LogP contribution in [-0.2, 0) is 6.54 Å². The highest BCUT2D eigenvalue weighted by Gasteiger charge is 2.18. The second-order valence-electron chi connectivity index (χ2n) is 6.21. The van der Waals surface area contributed by atoms with Crippen molar-refractivity contribution in [2.75, 3.05) is 10.2 Å². The molecule has 0 aliphatic carbocycles. The lowest BCUT2D eigenvalue weighted by molar-refractivity contribution is 0.256. The lowest BCUT2D eigenvalue weighted by Crippen LogP contribution is -2.35. The maximum Gasteiger partial charge on any atom is 0.327 e. The number of hydrogen-bond donors (Lipinski definition) is 1. The second-order valence-corrected chi connectivity index (χ2v) is 6.21. The fourth-order valence-corrected chi connectivity index (χ4v) is 3.08. The first kappa shape index (κ1) is 16.8. The molecule has 2 amide bonds. The summed E-state index contributed by atoms with van der Waals surface area (Å²) in [5.74, 6) is 0.610. The van der Waals surface area contributed by atoms with Gasteiger partial charge in [0.25, 0.3) is 0 Å². The highest BCUT2D eigenvalue weighted by Crippen LogP contribution is 2.23. The Balaban J connectivity index is 1.69. The highest BCUT2D eigenvalue weighted by atomic mass is 16.2. The number of fused-ring (bicyclic) bond motifs is 1. The predicted octanol–water partition coefficient (Wildman–Crippen LogP) is 5.47. The van der Waals surface area contributed by atoms with Crippen LogP contribution in [0.5, 0.6) is 0 Å². The summed E-state index contributed by atoms with van der Waals surface area (Å²) < 4.78 is 0. The Bertz CT molecular complexity index is 1040. The van der Waals surface area contributed by atoms with E-state index in [0.29, 0.717) is 12.4 Å². The molecule has 0 atom stereocenters. The smallest absolute Gasteiger partial charge is 0.307 e. The Morgan fingerprint density at radius 2 is 1.56 bits per heavy atom. The Morgan fingerprint density at radius 3 is 2.37 bits per heavy atom. The van der Waals surface area contributed by atoms with Gasteiger partial charge in [0.2, 0.25) is 0 Å². The Kier molecular flexibility index (Phi) is 4.79. The van der Waals surface area contributed by atoms with Crippen molar-refractivity contribution < 1.29 is 4.79 Å². The highest BCUT2D eigenvalue weighted by molar-refractivity contribution is 6.01. The third-order valence-corrected chi connectivity index (χ3v) is 4.40. The van der Waals surface area contributed by atoms with Gasteiger partial charge in [-0.3, -0.25) is 4.90 Å². The minimum absolute atomic E-state index is 0.215. The number of rotatable bonds is 4. The van der Waals surface area contributed by atoms with Crippen LogP contribution in [0.4, 0.5) is 16.3 Å². The van der Waals surface area contributed by atoms with Crippen molar-refractivity contribution in [3.05, 3.63) is 103 Å². The molecule has 1 heterocycles. The van der Waals surface area contributed by atoms with Crippen molar-refractivity contribution in [3.8, 4) is 0 Å². The zero-order valence-corrected chi connectivity index (χ0v) is 14.7. The molecule has 132 valence electrons. The van der Waals surface area contributed by atoms with Crippen LogP contribution in [0.1, 0.15) is 5.56 Å². The maximum absolute atomic E-state index is 13.0. The van der Waals surface area contributed by atoms with Crippen molar-refractivity contribution in [3.63, 3.8) is 0 Å². The van der Waals surface area contributed by atoms with Crippen LogP contribution in [0, 0.1) is 0 Å². The van der Waals surface area contributed by atoms with Crippen molar-refractivity contribution in [1.29, 1.82) is 0 Å². The largest absolute Gasteiger partial charge is 0.327 e. The Hall–Kier alpha value is -3.66. The van der Waals surface area contributed by atoms with E-state index >= 15 is 0 Å². The van der Waals surface area contributed by atoms with Crippen LogP contribution in [0.3, 0.4) is 0 Å². The normalized spacial score (nSPS) is 10.5. The van der Waals surface area contributed by atoms with Crippen molar-refractivity contribution >= 4 is 28.3 Å². The molecule has 0 radical (unpaired) electrons. The number of nitrogens with one attached hydrogen (secondary N) is 1. The second kappa shape index (κ2) is 7.70. The number of hydrogen-bond acceptors (Lipinski definition) is 2. The lowest BCUT2D eigenvalue weighted by Gasteiger charge is -2.23. The molecule has 0 aliphatic heterocycles. The number of carbonyl (C=O) groups excluding carboxylic acids is 1. The van der Waals surface area contributed by atoms with Crippen LogP contribution in [0.15, 0.2) is 97.2 Å². The minimum atomic E-state index is -0.215. The molecule has 27 heavy (non-hydrogen) atoms. The molecular weight excluding hydrogens is 334 g/mol. The van der Waals surface area contributed by atoms with Gasteiger partial charge in [-0.25, -0.2) is 9.78 Å². The van der Waals surface area contributed by atoms with Gasteiger partial charge in [0.15, 0.2) is 0 Å². The molecule has 0 bridgehead atoms. The van der Waals surface area contributed by atoms with E-state index in [1.807, 2.05) is 72.8 Å². The Labute approximate surface area is 158 Å². The number of amides is 2. The number of pyridine rings is 1. The molecule has 1 N–H and O–H groups in total. The number of benzene rings is 3. The molecule has 0 aliphatic rings. The number of urea groups is 1. The molecule has 4 heteroatoms. The third kappa shape index (κ3) is 3.80. The van der Waals surface area contributed by atoms with Gasteiger partial charge < -0.3 is 5.32 Å². The van der Waals surface area contributed by atoms with E-state index in [1.54, 1.807) is 11.1 Å². The number of para-hydroxylation sites is 1. The molecule has 4 aromatic rings.